The first-order valence-electron chi connectivity index (χ1n) is 6.84. The minimum Gasteiger partial charge on any atom is -0.448 e. The predicted molar refractivity (Wildman–Crippen MR) is 68.9 cm³/mol. The van der Waals surface area contributed by atoms with E-state index in [4.69, 9.17) is 4.42 Å². The summed E-state index contributed by atoms with van der Waals surface area (Å²) < 4.78 is 5.44. The molecule has 3 nitrogen and oxygen atoms in total. The van der Waals surface area contributed by atoms with Gasteiger partial charge in [0.25, 0.3) is 0 Å². The van der Waals surface area contributed by atoms with Crippen LogP contribution >= 0.6 is 0 Å². The molecule has 96 valence electrons. The zero-order valence-corrected chi connectivity index (χ0v) is 11.2. The van der Waals surface area contributed by atoms with Crippen molar-refractivity contribution in [2.75, 3.05) is 0 Å². The van der Waals surface area contributed by atoms with Crippen LogP contribution in [0.4, 0.5) is 0 Å². The minimum absolute atomic E-state index is 0.415. The lowest BCUT2D eigenvalue weighted by Gasteiger charge is -2.29. The lowest BCUT2D eigenvalue weighted by molar-refractivity contribution is 0.278. The number of rotatable bonds is 4. The number of aromatic nitrogens is 1. The molecular weight excluding hydrogens is 212 g/mol. The van der Waals surface area contributed by atoms with Crippen LogP contribution in [0.3, 0.4) is 0 Å². The molecule has 0 radical (unpaired) electrons. The van der Waals surface area contributed by atoms with Crippen LogP contribution in [0.5, 0.6) is 0 Å². The van der Waals surface area contributed by atoms with Gasteiger partial charge in [-0.2, -0.15) is 0 Å². The van der Waals surface area contributed by atoms with E-state index < -0.39 is 0 Å². The number of oxazole rings is 1. The van der Waals surface area contributed by atoms with Gasteiger partial charge in [-0.1, -0.05) is 33.6 Å². The van der Waals surface area contributed by atoms with Crippen molar-refractivity contribution in [2.24, 2.45) is 5.92 Å². The summed E-state index contributed by atoms with van der Waals surface area (Å²) in [6.45, 7) is 7.49. The molecule has 0 amide bonds. The molecule has 0 aromatic carbocycles. The van der Waals surface area contributed by atoms with Crippen molar-refractivity contribution in [2.45, 2.75) is 65.0 Å². The third-order valence-electron chi connectivity index (χ3n) is 3.84. The molecule has 1 fully saturated rings. The first kappa shape index (κ1) is 12.6. The van der Waals surface area contributed by atoms with Crippen LogP contribution in [0, 0.1) is 5.92 Å². The molecule has 0 bridgehead atoms. The molecule has 2 rings (SSSR count). The van der Waals surface area contributed by atoms with Crippen molar-refractivity contribution in [3.05, 3.63) is 17.8 Å². The maximum atomic E-state index is 5.44. The largest absolute Gasteiger partial charge is 0.448 e. The summed E-state index contributed by atoms with van der Waals surface area (Å²) in [6.07, 6.45) is 6.97. The Kier molecular flexibility index (Phi) is 4.21. The van der Waals surface area contributed by atoms with E-state index in [1.807, 2.05) is 0 Å². The number of hydrogen-bond donors (Lipinski definition) is 1. The molecule has 3 heteroatoms. The van der Waals surface area contributed by atoms with Gasteiger partial charge in [0.05, 0.1) is 5.69 Å². The number of nitrogens with one attached hydrogen (secondary N) is 1. The van der Waals surface area contributed by atoms with Gasteiger partial charge in [0.2, 0.25) is 0 Å². The second-order valence-electron chi connectivity index (χ2n) is 5.57. The highest BCUT2D eigenvalue weighted by molar-refractivity contribution is 5.11. The van der Waals surface area contributed by atoms with Gasteiger partial charge >= 0.3 is 0 Å². The maximum Gasteiger partial charge on any atom is 0.181 e. The van der Waals surface area contributed by atoms with Gasteiger partial charge in [-0.05, 0) is 18.8 Å². The summed E-state index contributed by atoms with van der Waals surface area (Å²) >= 11 is 0. The Morgan fingerprint density at radius 3 is 2.88 bits per heavy atom. The van der Waals surface area contributed by atoms with Crippen molar-refractivity contribution in [3.63, 3.8) is 0 Å². The van der Waals surface area contributed by atoms with Gasteiger partial charge in [0.15, 0.2) is 6.39 Å². The van der Waals surface area contributed by atoms with Crippen LogP contribution in [-0.4, -0.2) is 11.0 Å². The van der Waals surface area contributed by atoms with Crippen LogP contribution in [-0.2, 0) is 6.54 Å². The van der Waals surface area contributed by atoms with Crippen LogP contribution < -0.4 is 5.32 Å². The highest BCUT2D eigenvalue weighted by Gasteiger charge is 2.21. The Morgan fingerprint density at radius 2 is 2.18 bits per heavy atom. The zero-order chi connectivity index (χ0) is 12.3. The van der Waals surface area contributed by atoms with Gasteiger partial charge in [-0.3, -0.25) is 0 Å². The summed E-state index contributed by atoms with van der Waals surface area (Å²) in [5, 5.41) is 3.65. The summed E-state index contributed by atoms with van der Waals surface area (Å²) in [7, 11) is 0. The van der Waals surface area contributed by atoms with Crippen molar-refractivity contribution in [1.29, 1.82) is 0 Å². The molecular formula is C14H24N2O. The second-order valence-corrected chi connectivity index (χ2v) is 5.57. The molecule has 0 unspecified atom stereocenters. The lowest BCUT2D eigenvalue weighted by atomic mass is 9.86. The van der Waals surface area contributed by atoms with Crippen LogP contribution in [0.25, 0.3) is 0 Å². The Labute approximate surface area is 104 Å². The van der Waals surface area contributed by atoms with Crippen LogP contribution in [0.1, 0.15) is 63.8 Å². The molecule has 2 atom stereocenters. The molecule has 1 aliphatic rings. The van der Waals surface area contributed by atoms with E-state index in [2.05, 4.69) is 31.1 Å². The van der Waals surface area contributed by atoms with Crippen molar-refractivity contribution in [1.82, 2.24) is 10.3 Å². The first-order valence-corrected chi connectivity index (χ1v) is 6.84. The molecule has 1 aromatic heterocycles. The maximum absolute atomic E-state index is 5.44. The summed E-state index contributed by atoms with van der Waals surface area (Å²) in [6, 6.07) is 0.653. The summed E-state index contributed by atoms with van der Waals surface area (Å²) in [5.41, 5.74) is 1.08. The van der Waals surface area contributed by atoms with E-state index in [1.54, 1.807) is 6.39 Å². The Balaban J connectivity index is 1.90. The Bertz CT molecular complexity index is 346. The first-order chi connectivity index (χ1) is 8.18. The highest BCUT2D eigenvalue weighted by Crippen LogP contribution is 2.24. The van der Waals surface area contributed by atoms with E-state index in [9.17, 15) is 0 Å². The fraction of sp³-hybridized carbons (Fsp3) is 0.786. The van der Waals surface area contributed by atoms with Gasteiger partial charge in [0, 0.05) is 18.5 Å². The quantitative estimate of drug-likeness (QED) is 0.870. The van der Waals surface area contributed by atoms with E-state index in [0.717, 1.165) is 23.9 Å². The SMILES string of the molecule is CC(C)c1ocnc1CN[C@H]1CCCC[C@@H]1C. The molecule has 1 aromatic rings. The normalized spacial score (nSPS) is 25.4. The van der Waals surface area contributed by atoms with Crippen LogP contribution in [0.2, 0.25) is 0 Å². The predicted octanol–water partition coefficient (Wildman–Crippen LogP) is 3.47. The average molecular weight is 236 g/mol. The topological polar surface area (TPSA) is 38.1 Å². The van der Waals surface area contributed by atoms with E-state index in [0.29, 0.717) is 12.0 Å². The second kappa shape index (κ2) is 5.67. The third-order valence-corrected chi connectivity index (χ3v) is 3.84. The number of nitrogens with zero attached hydrogens (tertiary/aromatic N) is 1. The third kappa shape index (κ3) is 3.09. The monoisotopic (exact) mass is 236 g/mol. The molecule has 0 aliphatic heterocycles. The molecule has 0 spiro atoms. The van der Waals surface area contributed by atoms with Gasteiger partial charge < -0.3 is 9.73 Å². The highest BCUT2D eigenvalue weighted by atomic mass is 16.3. The van der Waals surface area contributed by atoms with E-state index in [1.165, 1.54) is 25.7 Å². The number of hydrogen-bond acceptors (Lipinski definition) is 3. The molecule has 1 aliphatic carbocycles. The average Bonchev–Trinajstić information content (AvgIpc) is 2.76. The van der Waals surface area contributed by atoms with Crippen LogP contribution in [0.15, 0.2) is 10.8 Å². The molecule has 0 saturated heterocycles. The van der Waals surface area contributed by atoms with Gasteiger partial charge in [0.1, 0.15) is 5.76 Å². The minimum atomic E-state index is 0.415. The zero-order valence-electron chi connectivity index (χ0n) is 11.2. The van der Waals surface area contributed by atoms with Gasteiger partial charge in [-0.15, -0.1) is 0 Å². The molecule has 17 heavy (non-hydrogen) atoms. The Morgan fingerprint density at radius 1 is 1.41 bits per heavy atom. The van der Waals surface area contributed by atoms with Gasteiger partial charge in [-0.25, -0.2) is 4.98 Å². The summed E-state index contributed by atoms with van der Waals surface area (Å²) in [5.74, 6) is 2.23. The molecule has 1 saturated carbocycles. The van der Waals surface area contributed by atoms with Crippen molar-refractivity contribution >= 4 is 0 Å². The fourth-order valence-electron chi connectivity index (χ4n) is 2.73. The van der Waals surface area contributed by atoms with E-state index in [-0.39, 0.29) is 0 Å². The standard InChI is InChI=1S/C14H24N2O/c1-10(2)14-13(16-9-17-14)8-15-12-7-5-4-6-11(12)3/h9-12,15H,4-8H2,1-3H3/t11-,12-/m0/s1. The smallest absolute Gasteiger partial charge is 0.181 e. The van der Waals surface area contributed by atoms with Crippen molar-refractivity contribution < 1.29 is 4.42 Å². The summed E-state index contributed by atoms with van der Waals surface area (Å²) in [4.78, 5) is 4.32. The molecule has 1 N–H and O–H groups in total. The lowest BCUT2D eigenvalue weighted by Crippen LogP contribution is -2.37. The van der Waals surface area contributed by atoms with E-state index >= 15 is 0 Å². The fourth-order valence-corrected chi connectivity index (χ4v) is 2.73. The van der Waals surface area contributed by atoms with Crippen molar-refractivity contribution in [3.8, 4) is 0 Å². The Hall–Kier alpha value is -0.830. The molecule has 1 heterocycles.